The number of rotatable bonds is 4. The number of aromatic nitrogens is 1. The first kappa shape index (κ1) is 20.7. The second kappa shape index (κ2) is 7.79. The third kappa shape index (κ3) is 4.54. The quantitative estimate of drug-likeness (QED) is 0.338. The second-order valence-electron chi connectivity index (χ2n) is 7.43. The summed E-state index contributed by atoms with van der Waals surface area (Å²) in [6, 6.07) is 5.79. The average Bonchev–Trinajstić information content (AvgIpc) is 3.24. The van der Waals surface area contributed by atoms with Crippen LogP contribution in [0.2, 0.25) is 0 Å². The van der Waals surface area contributed by atoms with E-state index < -0.39 is 23.5 Å². The lowest BCUT2D eigenvalue weighted by Crippen LogP contribution is -2.26. The fourth-order valence-electron chi connectivity index (χ4n) is 2.81. The normalized spacial score (nSPS) is 11.5. The van der Waals surface area contributed by atoms with E-state index >= 15 is 0 Å². The molecule has 2 heterocycles. The molecule has 3 rings (SSSR count). The number of esters is 1. The van der Waals surface area contributed by atoms with Crippen molar-refractivity contribution in [2.45, 2.75) is 32.8 Å². The molecule has 6 nitrogen and oxygen atoms in total. The number of thiophene rings is 1. The molecule has 8 heteroatoms. The minimum absolute atomic E-state index is 0.346. The number of carbonyl (C=O) groups is 3. The van der Waals surface area contributed by atoms with Crippen LogP contribution >= 0.6 is 11.3 Å². The summed E-state index contributed by atoms with van der Waals surface area (Å²) in [7, 11) is 1.22. The van der Waals surface area contributed by atoms with Crippen molar-refractivity contribution in [2.75, 3.05) is 7.11 Å². The van der Waals surface area contributed by atoms with Crippen LogP contribution in [0.1, 0.15) is 36.9 Å². The molecule has 0 aliphatic heterocycles. The Morgan fingerprint density at radius 1 is 1.17 bits per heavy atom. The smallest absolute Gasteiger partial charge is 0.419 e. The first-order valence-electron chi connectivity index (χ1n) is 8.82. The number of ketones is 1. The molecule has 29 heavy (non-hydrogen) atoms. The molecule has 0 bridgehead atoms. The number of Topliss-reactive ketones (excluding diaryl/α,β-unsaturated/α-hetero) is 1. The maximum atomic E-state index is 13.8. The summed E-state index contributed by atoms with van der Waals surface area (Å²) >= 11 is 1.19. The van der Waals surface area contributed by atoms with Crippen LogP contribution in [0.25, 0.3) is 22.0 Å². The zero-order chi connectivity index (χ0) is 21.3. The summed E-state index contributed by atoms with van der Waals surface area (Å²) in [6.45, 7) is 5.24. The van der Waals surface area contributed by atoms with Crippen molar-refractivity contribution < 1.29 is 28.2 Å². The minimum atomic E-state index is -0.711. The summed E-state index contributed by atoms with van der Waals surface area (Å²) in [5, 5.41) is 2.39. The van der Waals surface area contributed by atoms with Gasteiger partial charge in [-0.25, -0.2) is 9.18 Å². The molecule has 0 aliphatic carbocycles. The van der Waals surface area contributed by atoms with Gasteiger partial charge in [0, 0.05) is 17.1 Å². The number of ether oxygens (including phenoxy) is 2. The Hall–Kier alpha value is -3.00. The van der Waals surface area contributed by atoms with Crippen molar-refractivity contribution in [3.63, 3.8) is 0 Å². The van der Waals surface area contributed by atoms with Gasteiger partial charge in [0.15, 0.2) is 5.78 Å². The van der Waals surface area contributed by atoms with Gasteiger partial charge in [-0.05, 0) is 56.0 Å². The van der Waals surface area contributed by atoms with Crippen LogP contribution in [-0.2, 0) is 14.3 Å². The first-order valence-corrected chi connectivity index (χ1v) is 9.70. The largest absolute Gasteiger partial charge is 0.469 e. The van der Waals surface area contributed by atoms with Crippen molar-refractivity contribution in [1.29, 1.82) is 0 Å². The average molecular weight is 417 g/mol. The summed E-state index contributed by atoms with van der Waals surface area (Å²) in [5.41, 5.74) is 0.987. The molecule has 0 fully saturated rings. The van der Waals surface area contributed by atoms with E-state index in [1.165, 1.54) is 35.1 Å². The number of halogens is 1. The van der Waals surface area contributed by atoms with Crippen molar-refractivity contribution in [1.82, 2.24) is 4.57 Å². The lowest BCUT2D eigenvalue weighted by molar-refractivity contribution is -0.139. The molecule has 3 aromatic rings. The Morgan fingerprint density at radius 3 is 2.55 bits per heavy atom. The Kier molecular flexibility index (Phi) is 5.57. The molecule has 0 spiro atoms. The summed E-state index contributed by atoms with van der Waals surface area (Å²) in [5.74, 6) is -1.44. The van der Waals surface area contributed by atoms with E-state index in [1.807, 2.05) is 0 Å². The van der Waals surface area contributed by atoms with E-state index in [9.17, 15) is 18.8 Å². The van der Waals surface area contributed by atoms with E-state index in [0.29, 0.717) is 26.9 Å². The summed E-state index contributed by atoms with van der Waals surface area (Å²) < 4.78 is 25.0. The molecule has 152 valence electrons. The predicted molar refractivity (Wildman–Crippen MR) is 108 cm³/mol. The fourth-order valence-corrected chi connectivity index (χ4v) is 3.65. The molecule has 0 atom stereocenters. The van der Waals surface area contributed by atoms with Crippen molar-refractivity contribution in [2.24, 2.45) is 0 Å². The minimum Gasteiger partial charge on any atom is -0.469 e. The van der Waals surface area contributed by atoms with Crippen molar-refractivity contribution in [3.8, 4) is 11.1 Å². The third-order valence-electron chi connectivity index (χ3n) is 4.08. The number of hydrogen-bond acceptors (Lipinski definition) is 6. The second-order valence-corrected chi connectivity index (χ2v) is 8.34. The summed E-state index contributed by atoms with van der Waals surface area (Å²) in [6.07, 6.45) is 0.590. The molecule has 2 aromatic heterocycles. The lowest BCUT2D eigenvalue weighted by Gasteiger charge is -2.19. The zero-order valence-corrected chi connectivity index (χ0v) is 17.3. The number of methoxy groups -OCH3 is 1. The van der Waals surface area contributed by atoms with E-state index in [4.69, 9.17) is 4.74 Å². The van der Waals surface area contributed by atoms with Gasteiger partial charge in [0.05, 0.1) is 17.5 Å². The Labute approximate surface area is 170 Å². The molecule has 0 saturated heterocycles. The van der Waals surface area contributed by atoms with Crippen LogP contribution in [0.5, 0.6) is 0 Å². The Morgan fingerprint density at radius 2 is 1.90 bits per heavy atom. The Balaban J connectivity index is 2.04. The third-order valence-corrected chi connectivity index (χ3v) is 5.05. The van der Waals surface area contributed by atoms with Gasteiger partial charge in [0.25, 0.3) is 0 Å². The van der Waals surface area contributed by atoms with E-state index in [-0.39, 0.29) is 12.2 Å². The van der Waals surface area contributed by atoms with Gasteiger partial charge in [-0.1, -0.05) is 0 Å². The topological polar surface area (TPSA) is 74.6 Å². The van der Waals surface area contributed by atoms with Crippen LogP contribution in [0.3, 0.4) is 0 Å². The highest BCUT2D eigenvalue weighted by Gasteiger charge is 2.22. The van der Waals surface area contributed by atoms with Crippen LogP contribution < -0.4 is 0 Å². The van der Waals surface area contributed by atoms with Crippen LogP contribution in [0.15, 0.2) is 35.8 Å². The van der Waals surface area contributed by atoms with E-state index in [1.54, 1.807) is 44.5 Å². The van der Waals surface area contributed by atoms with E-state index in [2.05, 4.69) is 4.74 Å². The van der Waals surface area contributed by atoms with Gasteiger partial charge in [-0.2, -0.15) is 0 Å². The fraction of sp³-hybridized carbons (Fsp3) is 0.286. The van der Waals surface area contributed by atoms with Gasteiger partial charge in [-0.15, -0.1) is 11.3 Å². The van der Waals surface area contributed by atoms with Gasteiger partial charge >= 0.3 is 12.1 Å². The molecule has 0 N–H and O–H groups in total. The van der Waals surface area contributed by atoms with Crippen molar-refractivity contribution >= 4 is 40.1 Å². The number of fused-ring (bicyclic) bond motifs is 1. The molecule has 0 unspecified atom stereocenters. The van der Waals surface area contributed by atoms with Gasteiger partial charge in [0.1, 0.15) is 17.8 Å². The SMILES string of the molecule is COC(=O)CC(=O)c1cc(-c2cn(C(=O)OC(C)(C)C)c3cc(F)ccc23)cs1. The monoisotopic (exact) mass is 417 g/mol. The Bertz CT molecular complexity index is 1110. The van der Waals surface area contributed by atoms with Gasteiger partial charge in [-0.3, -0.25) is 14.2 Å². The maximum absolute atomic E-state index is 13.8. The molecule has 0 radical (unpaired) electrons. The van der Waals surface area contributed by atoms with Crippen molar-refractivity contribution in [3.05, 3.63) is 46.5 Å². The standard InChI is InChI=1S/C21H20FNO5S/c1-21(2,3)28-20(26)23-10-15(14-6-5-13(22)8-16(14)23)12-7-18(29-11-12)17(24)9-19(25)27-4/h5-8,10-11H,9H2,1-4H3. The van der Waals surface area contributed by atoms with Crippen LogP contribution in [0.4, 0.5) is 9.18 Å². The highest BCUT2D eigenvalue weighted by Crippen LogP contribution is 2.34. The maximum Gasteiger partial charge on any atom is 0.419 e. The molecule has 0 saturated carbocycles. The van der Waals surface area contributed by atoms with Crippen LogP contribution in [-0.4, -0.2) is 35.1 Å². The number of benzene rings is 1. The van der Waals surface area contributed by atoms with E-state index in [0.717, 1.165) is 0 Å². The summed E-state index contributed by atoms with van der Waals surface area (Å²) in [4.78, 5) is 36.6. The molecule has 1 aromatic carbocycles. The van der Waals surface area contributed by atoms with Gasteiger partial charge < -0.3 is 9.47 Å². The number of nitrogens with zero attached hydrogens (tertiary/aromatic N) is 1. The lowest BCUT2D eigenvalue weighted by atomic mass is 10.1. The highest BCUT2D eigenvalue weighted by atomic mass is 32.1. The predicted octanol–water partition coefficient (Wildman–Crippen LogP) is 5.04. The zero-order valence-electron chi connectivity index (χ0n) is 16.4. The van der Waals surface area contributed by atoms with Gasteiger partial charge in [0.2, 0.25) is 0 Å². The highest BCUT2D eigenvalue weighted by molar-refractivity contribution is 7.12. The molecule has 0 amide bonds. The molecular formula is C21H20FNO5S. The van der Waals surface area contributed by atoms with Crippen LogP contribution in [0, 0.1) is 5.82 Å². The number of carbonyl (C=O) groups excluding carboxylic acids is 3. The number of hydrogen-bond donors (Lipinski definition) is 0. The molecule has 0 aliphatic rings. The molecular weight excluding hydrogens is 397 g/mol. The first-order chi connectivity index (χ1) is 13.6.